The molecular formula is C24H22N6O3S2. The lowest BCUT2D eigenvalue weighted by atomic mass is 10.0. The zero-order valence-electron chi connectivity index (χ0n) is 18.7. The van der Waals surface area contributed by atoms with Crippen molar-refractivity contribution in [3.63, 3.8) is 0 Å². The maximum absolute atomic E-state index is 13.7. The largest absolute Gasteiger partial charge is 0.448 e. The smallest absolute Gasteiger partial charge is 0.356 e. The fourth-order valence-electron chi connectivity index (χ4n) is 3.90. The first-order chi connectivity index (χ1) is 17.0. The van der Waals surface area contributed by atoms with Crippen LogP contribution in [-0.4, -0.2) is 54.2 Å². The minimum atomic E-state index is -0.633. The van der Waals surface area contributed by atoms with Gasteiger partial charge in [-0.05, 0) is 38.6 Å². The molecule has 2 unspecified atom stereocenters. The molecule has 0 aliphatic carbocycles. The summed E-state index contributed by atoms with van der Waals surface area (Å²) in [7, 11) is 1.74. The summed E-state index contributed by atoms with van der Waals surface area (Å²) in [6.45, 7) is 0. The molecule has 0 spiro atoms. The van der Waals surface area contributed by atoms with E-state index in [1.165, 1.54) is 28.4 Å². The molecule has 1 saturated heterocycles. The Morgan fingerprint density at radius 3 is 2.43 bits per heavy atom. The Hall–Kier alpha value is -3.41. The lowest BCUT2D eigenvalue weighted by molar-refractivity contribution is -0.153. The van der Waals surface area contributed by atoms with Gasteiger partial charge < -0.3 is 10.5 Å². The molecule has 1 amide bonds. The minimum Gasteiger partial charge on any atom is -0.448 e. The van der Waals surface area contributed by atoms with Crippen molar-refractivity contribution in [3.05, 3.63) is 94.5 Å². The van der Waals surface area contributed by atoms with Crippen LogP contribution in [0.5, 0.6) is 0 Å². The topological polar surface area (TPSA) is 116 Å². The van der Waals surface area contributed by atoms with Gasteiger partial charge in [0.1, 0.15) is 17.1 Å². The van der Waals surface area contributed by atoms with Crippen LogP contribution in [0.2, 0.25) is 0 Å². The van der Waals surface area contributed by atoms with Crippen LogP contribution in [0.15, 0.2) is 88.6 Å². The lowest BCUT2D eigenvalue weighted by Crippen LogP contribution is -2.68. The molecule has 0 saturated carbocycles. The van der Waals surface area contributed by atoms with E-state index in [0.717, 1.165) is 11.1 Å². The number of ether oxygens (including phenoxy) is 1. The Morgan fingerprint density at radius 2 is 1.83 bits per heavy atom. The van der Waals surface area contributed by atoms with E-state index in [1.54, 1.807) is 23.2 Å². The summed E-state index contributed by atoms with van der Waals surface area (Å²) in [5.74, 6) is -0.346. The van der Waals surface area contributed by atoms with Crippen molar-refractivity contribution in [2.24, 2.45) is 12.8 Å². The van der Waals surface area contributed by atoms with Crippen molar-refractivity contribution < 1.29 is 14.3 Å². The van der Waals surface area contributed by atoms with Crippen molar-refractivity contribution in [2.75, 3.05) is 5.75 Å². The van der Waals surface area contributed by atoms with Crippen molar-refractivity contribution in [1.29, 1.82) is 0 Å². The molecule has 3 aromatic rings. The Labute approximate surface area is 210 Å². The van der Waals surface area contributed by atoms with Crippen LogP contribution in [-0.2, 0) is 21.4 Å². The number of carbonyl (C=O) groups is 2. The molecule has 2 aliphatic heterocycles. The molecule has 3 heterocycles. The predicted octanol–water partition coefficient (Wildman–Crippen LogP) is 2.65. The molecule has 35 heavy (non-hydrogen) atoms. The first kappa shape index (κ1) is 23.3. The van der Waals surface area contributed by atoms with Crippen LogP contribution in [0.1, 0.15) is 17.2 Å². The average molecular weight is 507 g/mol. The number of nitrogens with zero attached hydrogens (tertiary/aromatic N) is 5. The second-order valence-electron chi connectivity index (χ2n) is 7.92. The highest BCUT2D eigenvalue weighted by Crippen LogP contribution is 2.41. The van der Waals surface area contributed by atoms with Gasteiger partial charge in [0.15, 0.2) is 6.10 Å². The number of nitrogens with two attached hydrogens (primary N) is 1. The lowest BCUT2D eigenvalue weighted by Gasteiger charge is -2.48. The molecule has 2 aliphatic rings. The average Bonchev–Trinajstić information content (AvgIpc) is 3.31. The van der Waals surface area contributed by atoms with E-state index < -0.39 is 18.1 Å². The predicted molar refractivity (Wildman–Crippen MR) is 133 cm³/mol. The van der Waals surface area contributed by atoms with E-state index in [1.807, 2.05) is 60.7 Å². The Morgan fingerprint density at radius 1 is 1.17 bits per heavy atom. The number of benzene rings is 2. The molecule has 5 rings (SSSR count). The van der Waals surface area contributed by atoms with Gasteiger partial charge in [0, 0.05) is 12.8 Å². The summed E-state index contributed by atoms with van der Waals surface area (Å²) in [4.78, 5) is 27.8. The number of hydrogen-bond acceptors (Lipinski definition) is 9. The third kappa shape index (κ3) is 4.62. The van der Waals surface area contributed by atoms with Gasteiger partial charge >= 0.3 is 5.97 Å². The van der Waals surface area contributed by atoms with Gasteiger partial charge in [0.05, 0.1) is 0 Å². The van der Waals surface area contributed by atoms with Crippen LogP contribution >= 0.6 is 23.5 Å². The number of aromatic nitrogens is 4. The summed E-state index contributed by atoms with van der Waals surface area (Å²) in [5.41, 5.74) is 8.59. The SMILES string of the molecule is Cn1nnnc1SC=CC1=C(C(=O)OC(c2ccccc2)c2ccccc2)N2C(=O)C(N)C2SC1. The van der Waals surface area contributed by atoms with Gasteiger partial charge in [-0.1, -0.05) is 72.4 Å². The number of allylic oxidation sites excluding steroid dienone is 1. The van der Waals surface area contributed by atoms with Crippen LogP contribution in [0.3, 0.4) is 0 Å². The first-order valence-corrected chi connectivity index (χ1v) is 12.8. The van der Waals surface area contributed by atoms with E-state index >= 15 is 0 Å². The van der Waals surface area contributed by atoms with E-state index in [9.17, 15) is 9.59 Å². The van der Waals surface area contributed by atoms with Crippen LogP contribution < -0.4 is 5.73 Å². The number of aryl methyl sites for hydroxylation is 1. The third-order valence-electron chi connectivity index (χ3n) is 5.69. The van der Waals surface area contributed by atoms with Crippen molar-refractivity contribution in [1.82, 2.24) is 25.1 Å². The Bertz CT molecular complexity index is 1260. The van der Waals surface area contributed by atoms with Crippen LogP contribution in [0.4, 0.5) is 0 Å². The number of amides is 1. The van der Waals surface area contributed by atoms with Crippen LogP contribution in [0.25, 0.3) is 0 Å². The number of hydrogen-bond donors (Lipinski definition) is 1. The number of rotatable bonds is 7. The molecule has 178 valence electrons. The van der Waals surface area contributed by atoms with Crippen LogP contribution in [0, 0.1) is 0 Å². The Balaban J connectivity index is 1.47. The van der Waals surface area contributed by atoms with Crippen molar-refractivity contribution >= 4 is 35.4 Å². The molecule has 11 heteroatoms. The van der Waals surface area contributed by atoms with Gasteiger partial charge in [-0.3, -0.25) is 9.69 Å². The number of fused-ring (bicyclic) bond motifs is 1. The Kier molecular flexibility index (Phi) is 6.71. The summed E-state index contributed by atoms with van der Waals surface area (Å²) < 4.78 is 7.63. The number of tetrazole rings is 1. The van der Waals surface area contributed by atoms with Crippen molar-refractivity contribution in [2.45, 2.75) is 22.7 Å². The van der Waals surface area contributed by atoms with Gasteiger partial charge in [-0.15, -0.1) is 16.9 Å². The highest BCUT2D eigenvalue weighted by molar-refractivity contribution is 8.02. The summed E-state index contributed by atoms with van der Waals surface area (Å²) in [5, 5.41) is 13.5. The minimum absolute atomic E-state index is 0.227. The summed E-state index contributed by atoms with van der Waals surface area (Å²) >= 11 is 2.84. The van der Waals surface area contributed by atoms with Crippen molar-refractivity contribution in [3.8, 4) is 0 Å². The molecule has 1 fully saturated rings. The highest BCUT2D eigenvalue weighted by Gasteiger charge is 2.52. The van der Waals surface area contributed by atoms with Gasteiger partial charge in [-0.25, -0.2) is 9.48 Å². The maximum Gasteiger partial charge on any atom is 0.356 e. The normalized spacial score (nSPS) is 19.7. The second-order valence-corrected chi connectivity index (χ2v) is 9.90. The third-order valence-corrected chi connectivity index (χ3v) is 7.84. The van der Waals surface area contributed by atoms with E-state index in [0.29, 0.717) is 16.5 Å². The molecule has 9 nitrogen and oxygen atoms in total. The number of esters is 1. The standard InChI is InChI=1S/C24H22N6O3S2/c1-29-24(26-27-28-29)34-13-12-17-14-35-22-18(25)21(31)30(22)19(17)23(32)33-20(15-8-4-2-5-9-15)16-10-6-3-7-11-16/h2-13,18,20,22H,14,25H2,1H3. The monoisotopic (exact) mass is 506 g/mol. The number of β-lactam (4-membered cyclic amide) rings is 1. The molecule has 2 atom stereocenters. The zero-order valence-corrected chi connectivity index (χ0v) is 20.4. The second kappa shape index (κ2) is 10.1. The summed E-state index contributed by atoms with van der Waals surface area (Å²) in [6.07, 6.45) is 1.18. The fraction of sp³-hybridized carbons (Fsp3) is 0.208. The van der Waals surface area contributed by atoms with E-state index in [-0.39, 0.29) is 17.0 Å². The molecule has 2 N–H and O–H groups in total. The molecule has 2 aromatic carbocycles. The molecular weight excluding hydrogens is 484 g/mol. The van der Waals surface area contributed by atoms with E-state index in [2.05, 4.69) is 15.5 Å². The number of thioether (sulfide) groups is 2. The first-order valence-electron chi connectivity index (χ1n) is 10.8. The molecule has 0 radical (unpaired) electrons. The zero-order chi connectivity index (χ0) is 24.4. The number of carbonyl (C=O) groups excluding carboxylic acids is 2. The fourth-order valence-corrected chi connectivity index (χ4v) is 5.79. The van der Waals surface area contributed by atoms with Gasteiger partial charge in [0.2, 0.25) is 11.1 Å². The highest BCUT2D eigenvalue weighted by atomic mass is 32.2. The van der Waals surface area contributed by atoms with Gasteiger partial charge in [0.25, 0.3) is 0 Å². The van der Waals surface area contributed by atoms with E-state index in [4.69, 9.17) is 10.5 Å². The quantitative estimate of drug-likeness (QED) is 0.293. The maximum atomic E-state index is 13.7. The van der Waals surface area contributed by atoms with Gasteiger partial charge in [-0.2, -0.15) is 0 Å². The summed E-state index contributed by atoms with van der Waals surface area (Å²) in [6, 6.07) is 18.4. The molecule has 1 aromatic heterocycles. The molecule has 0 bridgehead atoms.